The van der Waals surface area contributed by atoms with Crippen LogP contribution in [0.2, 0.25) is 0 Å². The van der Waals surface area contributed by atoms with Gasteiger partial charge in [-0.15, -0.1) is 0 Å². The molecule has 1 aromatic carbocycles. The molecular formula is C14H17NO. The lowest BCUT2D eigenvalue weighted by molar-refractivity contribution is 0.158. The highest BCUT2D eigenvalue weighted by Gasteiger charge is 2.16. The molecule has 0 saturated carbocycles. The van der Waals surface area contributed by atoms with Crippen LogP contribution in [0.4, 0.5) is 0 Å². The number of para-hydroxylation sites is 1. The van der Waals surface area contributed by atoms with Crippen molar-refractivity contribution >= 4 is 10.9 Å². The monoisotopic (exact) mass is 215 g/mol. The maximum absolute atomic E-state index is 9.70. The Balaban J connectivity index is 2.45. The zero-order valence-corrected chi connectivity index (χ0v) is 9.72. The van der Waals surface area contributed by atoms with Gasteiger partial charge in [0.2, 0.25) is 0 Å². The van der Waals surface area contributed by atoms with Crippen LogP contribution in [0.25, 0.3) is 10.9 Å². The van der Waals surface area contributed by atoms with Gasteiger partial charge in [-0.1, -0.05) is 31.2 Å². The lowest BCUT2D eigenvalue weighted by Crippen LogP contribution is -2.15. The Labute approximate surface area is 96.0 Å². The largest absolute Gasteiger partial charge is 0.393 e. The van der Waals surface area contributed by atoms with E-state index >= 15 is 0 Å². The first-order valence-electron chi connectivity index (χ1n) is 5.76. The first-order valence-corrected chi connectivity index (χ1v) is 5.76. The van der Waals surface area contributed by atoms with Crippen LogP contribution in [-0.2, 0) is 0 Å². The number of aliphatic hydroxyl groups is 1. The molecule has 0 fully saturated rings. The molecular weight excluding hydrogens is 198 g/mol. The van der Waals surface area contributed by atoms with Gasteiger partial charge in [-0.05, 0) is 25.5 Å². The van der Waals surface area contributed by atoms with E-state index < -0.39 is 0 Å². The Hall–Kier alpha value is -1.41. The third kappa shape index (κ3) is 2.07. The van der Waals surface area contributed by atoms with E-state index in [0.29, 0.717) is 0 Å². The third-order valence-corrected chi connectivity index (χ3v) is 3.02. The number of aliphatic hydroxyl groups excluding tert-OH is 1. The van der Waals surface area contributed by atoms with E-state index in [2.05, 4.69) is 24.0 Å². The number of aromatic nitrogens is 1. The molecule has 0 aliphatic heterocycles. The average molecular weight is 215 g/mol. The molecule has 2 nitrogen and oxygen atoms in total. The van der Waals surface area contributed by atoms with Gasteiger partial charge >= 0.3 is 0 Å². The van der Waals surface area contributed by atoms with Crippen molar-refractivity contribution in [2.45, 2.75) is 32.3 Å². The van der Waals surface area contributed by atoms with E-state index in [9.17, 15) is 5.11 Å². The maximum atomic E-state index is 9.70. The standard InChI is InChI=1S/C14H17NO/c1-3-12(10(2)16)14-9-8-11-6-4-5-7-13(11)15-14/h4-10,12,16H,3H2,1-2H3. The maximum Gasteiger partial charge on any atom is 0.0705 e. The van der Waals surface area contributed by atoms with Gasteiger partial charge in [0.15, 0.2) is 0 Å². The number of hydrogen-bond acceptors (Lipinski definition) is 2. The summed E-state index contributed by atoms with van der Waals surface area (Å²) in [7, 11) is 0. The van der Waals surface area contributed by atoms with Crippen LogP contribution >= 0.6 is 0 Å². The summed E-state index contributed by atoms with van der Waals surface area (Å²) >= 11 is 0. The fraction of sp³-hybridized carbons (Fsp3) is 0.357. The molecule has 84 valence electrons. The number of nitrogens with zero attached hydrogens (tertiary/aromatic N) is 1. The first kappa shape index (κ1) is 11.1. The summed E-state index contributed by atoms with van der Waals surface area (Å²) in [6.45, 7) is 3.90. The van der Waals surface area contributed by atoms with Crippen molar-refractivity contribution in [3.8, 4) is 0 Å². The van der Waals surface area contributed by atoms with Crippen LogP contribution in [0.15, 0.2) is 36.4 Å². The van der Waals surface area contributed by atoms with Gasteiger partial charge < -0.3 is 5.11 Å². The van der Waals surface area contributed by atoms with E-state index in [-0.39, 0.29) is 12.0 Å². The summed E-state index contributed by atoms with van der Waals surface area (Å²) in [5.41, 5.74) is 1.98. The summed E-state index contributed by atoms with van der Waals surface area (Å²) in [4.78, 5) is 4.61. The predicted molar refractivity (Wildman–Crippen MR) is 66.5 cm³/mol. The minimum Gasteiger partial charge on any atom is -0.393 e. The van der Waals surface area contributed by atoms with Gasteiger partial charge in [-0.3, -0.25) is 4.98 Å². The molecule has 0 aliphatic rings. The van der Waals surface area contributed by atoms with E-state index in [0.717, 1.165) is 23.0 Å². The predicted octanol–water partition coefficient (Wildman–Crippen LogP) is 3.11. The Bertz CT molecular complexity index is 479. The van der Waals surface area contributed by atoms with Crippen LogP contribution in [0.3, 0.4) is 0 Å². The number of hydrogen-bond donors (Lipinski definition) is 1. The Morgan fingerprint density at radius 1 is 1.19 bits per heavy atom. The minimum atomic E-state index is -0.348. The molecule has 16 heavy (non-hydrogen) atoms. The van der Waals surface area contributed by atoms with Gasteiger partial charge in [-0.2, -0.15) is 0 Å². The number of fused-ring (bicyclic) bond motifs is 1. The second-order valence-corrected chi connectivity index (χ2v) is 4.18. The molecule has 2 rings (SSSR count). The summed E-state index contributed by atoms with van der Waals surface area (Å²) < 4.78 is 0. The Morgan fingerprint density at radius 2 is 1.94 bits per heavy atom. The summed E-state index contributed by atoms with van der Waals surface area (Å²) in [5, 5.41) is 10.8. The van der Waals surface area contributed by atoms with Crippen LogP contribution in [-0.4, -0.2) is 16.2 Å². The molecule has 1 N–H and O–H groups in total. The molecule has 0 radical (unpaired) electrons. The van der Waals surface area contributed by atoms with Crippen molar-refractivity contribution in [1.82, 2.24) is 4.98 Å². The molecule has 0 saturated heterocycles. The van der Waals surface area contributed by atoms with Crippen molar-refractivity contribution < 1.29 is 5.11 Å². The second kappa shape index (κ2) is 4.62. The normalized spacial score (nSPS) is 14.9. The van der Waals surface area contributed by atoms with E-state index in [4.69, 9.17) is 0 Å². The van der Waals surface area contributed by atoms with Crippen molar-refractivity contribution in [3.63, 3.8) is 0 Å². The highest BCUT2D eigenvalue weighted by atomic mass is 16.3. The molecule has 0 spiro atoms. The van der Waals surface area contributed by atoms with Gasteiger partial charge in [0.1, 0.15) is 0 Å². The third-order valence-electron chi connectivity index (χ3n) is 3.02. The Morgan fingerprint density at radius 3 is 2.62 bits per heavy atom. The lowest BCUT2D eigenvalue weighted by atomic mass is 9.96. The molecule has 2 heteroatoms. The summed E-state index contributed by atoms with van der Waals surface area (Å²) in [5.74, 6) is 0.129. The molecule has 0 aliphatic carbocycles. The fourth-order valence-electron chi connectivity index (χ4n) is 2.09. The summed E-state index contributed by atoms with van der Waals surface area (Å²) in [6.07, 6.45) is 0.557. The molecule has 1 heterocycles. The van der Waals surface area contributed by atoms with Gasteiger partial charge in [0, 0.05) is 17.0 Å². The average Bonchev–Trinajstić information content (AvgIpc) is 2.29. The smallest absolute Gasteiger partial charge is 0.0705 e. The van der Waals surface area contributed by atoms with Crippen LogP contribution in [0.1, 0.15) is 31.9 Å². The lowest BCUT2D eigenvalue weighted by Gasteiger charge is -2.17. The van der Waals surface area contributed by atoms with E-state index in [1.807, 2.05) is 31.2 Å². The van der Waals surface area contributed by atoms with Crippen LogP contribution < -0.4 is 0 Å². The minimum absolute atomic E-state index is 0.129. The fourth-order valence-corrected chi connectivity index (χ4v) is 2.09. The Kier molecular flexibility index (Phi) is 3.20. The number of pyridine rings is 1. The highest BCUT2D eigenvalue weighted by Crippen LogP contribution is 2.23. The molecule has 0 amide bonds. The highest BCUT2D eigenvalue weighted by molar-refractivity contribution is 5.78. The first-order chi connectivity index (χ1) is 7.72. The molecule has 2 atom stereocenters. The van der Waals surface area contributed by atoms with Crippen LogP contribution in [0.5, 0.6) is 0 Å². The second-order valence-electron chi connectivity index (χ2n) is 4.18. The van der Waals surface area contributed by atoms with Gasteiger partial charge in [-0.25, -0.2) is 0 Å². The summed E-state index contributed by atoms with van der Waals surface area (Å²) in [6, 6.07) is 12.1. The topological polar surface area (TPSA) is 33.1 Å². The van der Waals surface area contributed by atoms with Crippen molar-refractivity contribution in [2.24, 2.45) is 0 Å². The van der Waals surface area contributed by atoms with Gasteiger partial charge in [0.25, 0.3) is 0 Å². The molecule has 0 bridgehead atoms. The van der Waals surface area contributed by atoms with Gasteiger partial charge in [0.05, 0.1) is 11.6 Å². The van der Waals surface area contributed by atoms with Crippen molar-refractivity contribution in [1.29, 1.82) is 0 Å². The van der Waals surface area contributed by atoms with Crippen molar-refractivity contribution in [2.75, 3.05) is 0 Å². The zero-order chi connectivity index (χ0) is 11.5. The van der Waals surface area contributed by atoms with Crippen molar-refractivity contribution in [3.05, 3.63) is 42.1 Å². The molecule has 2 unspecified atom stereocenters. The SMILES string of the molecule is CCC(c1ccc2ccccc2n1)C(C)O. The van der Waals surface area contributed by atoms with E-state index in [1.54, 1.807) is 0 Å². The van der Waals surface area contributed by atoms with E-state index in [1.165, 1.54) is 0 Å². The number of benzene rings is 1. The zero-order valence-electron chi connectivity index (χ0n) is 9.72. The molecule has 1 aromatic heterocycles. The quantitative estimate of drug-likeness (QED) is 0.853. The number of rotatable bonds is 3. The van der Waals surface area contributed by atoms with Crippen LogP contribution in [0, 0.1) is 0 Å². The molecule has 2 aromatic rings.